The van der Waals surface area contributed by atoms with Gasteiger partial charge in [-0.1, -0.05) is 45.7 Å². The van der Waals surface area contributed by atoms with Gasteiger partial charge in [0, 0.05) is 6.54 Å². The Morgan fingerprint density at radius 1 is 1.09 bits per heavy atom. The Bertz CT molecular complexity index is 427. The molecule has 1 aromatic carbocycles. The normalized spacial score (nSPS) is 21.9. The number of piperidine rings is 1. The van der Waals surface area contributed by atoms with E-state index in [0.29, 0.717) is 6.61 Å². The van der Waals surface area contributed by atoms with E-state index >= 15 is 0 Å². The molecular weight excluding hydrogens is 274 g/mol. The van der Waals surface area contributed by atoms with Crippen LogP contribution in [0.1, 0.15) is 46.5 Å². The Morgan fingerprint density at radius 2 is 1.77 bits per heavy atom. The summed E-state index contributed by atoms with van der Waals surface area (Å²) in [6, 6.07) is 7.96. The first-order chi connectivity index (χ1) is 10.8. The average Bonchev–Trinajstić information content (AvgIpc) is 2.59. The van der Waals surface area contributed by atoms with Crippen LogP contribution in [0.4, 0.5) is 0 Å². The Labute approximate surface area is 135 Å². The minimum absolute atomic E-state index is 0.174. The summed E-state index contributed by atoms with van der Waals surface area (Å²) in [5.41, 5.74) is 0. The molecule has 3 rings (SSSR count). The van der Waals surface area contributed by atoms with E-state index in [4.69, 9.17) is 9.47 Å². The molecule has 2 heterocycles. The fraction of sp³-hybridized carbons (Fsp3) is 0.684. The third-order valence-electron chi connectivity index (χ3n) is 4.43. The largest absolute Gasteiger partial charge is 0.486 e. The summed E-state index contributed by atoms with van der Waals surface area (Å²) in [5.74, 6) is 2.72. The SMILES string of the molecule is CC.CCCC1CCN(CC2COc3ccccc3O2)CC1. The van der Waals surface area contributed by atoms with Crippen LogP contribution in [0, 0.1) is 5.92 Å². The van der Waals surface area contributed by atoms with E-state index in [9.17, 15) is 0 Å². The van der Waals surface area contributed by atoms with Crippen molar-refractivity contribution in [3.63, 3.8) is 0 Å². The predicted molar refractivity (Wildman–Crippen MR) is 91.8 cm³/mol. The lowest BCUT2D eigenvalue weighted by Crippen LogP contribution is -2.44. The Kier molecular flexibility index (Phi) is 7.04. The van der Waals surface area contributed by atoms with Gasteiger partial charge in [-0.3, -0.25) is 4.90 Å². The Balaban J connectivity index is 0.000000847. The number of hydrogen-bond donors (Lipinski definition) is 0. The molecule has 0 aliphatic carbocycles. The zero-order valence-corrected chi connectivity index (χ0v) is 14.4. The number of para-hydroxylation sites is 2. The van der Waals surface area contributed by atoms with Crippen molar-refractivity contribution in [1.29, 1.82) is 0 Å². The van der Waals surface area contributed by atoms with Gasteiger partial charge in [0.2, 0.25) is 0 Å². The molecule has 2 aliphatic rings. The molecule has 1 unspecified atom stereocenters. The fourth-order valence-corrected chi connectivity index (χ4v) is 3.31. The van der Waals surface area contributed by atoms with Crippen molar-refractivity contribution in [2.24, 2.45) is 5.92 Å². The lowest BCUT2D eigenvalue weighted by molar-refractivity contribution is 0.0472. The van der Waals surface area contributed by atoms with E-state index in [1.165, 1.54) is 38.8 Å². The highest BCUT2D eigenvalue weighted by atomic mass is 16.6. The minimum Gasteiger partial charge on any atom is -0.486 e. The van der Waals surface area contributed by atoms with E-state index < -0.39 is 0 Å². The molecular formula is C19H31NO2. The maximum absolute atomic E-state index is 6.04. The average molecular weight is 305 g/mol. The van der Waals surface area contributed by atoms with Gasteiger partial charge in [0.25, 0.3) is 0 Å². The lowest BCUT2D eigenvalue weighted by Gasteiger charge is -2.35. The van der Waals surface area contributed by atoms with Gasteiger partial charge >= 0.3 is 0 Å². The number of benzene rings is 1. The van der Waals surface area contributed by atoms with Gasteiger partial charge in [-0.05, 0) is 44.0 Å². The summed E-state index contributed by atoms with van der Waals surface area (Å²) in [7, 11) is 0. The summed E-state index contributed by atoms with van der Waals surface area (Å²) in [6.07, 6.45) is 5.58. The number of fused-ring (bicyclic) bond motifs is 1. The van der Waals surface area contributed by atoms with Crippen LogP contribution in [-0.4, -0.2) is 37.2 Å². The van der Waals surface area contributed by atoms with Crippen LogP contribution in [0.2, 0.25) is 0 Å². The molecule has 1 fully saturated rings. The van der Waals surface area contributed by atoms with Crippen LogP contribution in [0.3, 0.4) is 0 Å². The smallest absolute Gasteiger partial charge is 0.161 e. The van der Waals surface area contributed by atoms with Gasteiger partial charge in [0.15, 0.2) is 11.5 Å². The molecule has 1 saturated heterocycles. The fourth-order valence-electron chi connectivity index (χ4n) is 3.31. The predicted octanol–water partition coefficient (Wildman–Crippen LogP) is 4.36. The maximum atomic E-state index is 6.04. The van der Waals surface area contributed by atoms with E-state index in [0.717, 1.165) is 24.0 Å². The number of rotatable bonds is 4. The number of likely N-dealkylation sites (tertiary alicyclic amines) is 1. The second-order valence-corrected chi connectivity index (χ2v) is 6.03. The molecule has 124 valence electrons. The first-order valence-electron chi connectivity index (χ1n) is 8.96. The van der Waals surface area contributed by atoms with Crippen molar-refractivity contribution in [2.45, 2.75) is 52.6 Å². The van der Waals surface area contributed by atoms with Crippen LogP contribution in [0.25, 0.3) is 0 Å². The van der Waals surface area contributed by atoms with Gasteiger partial charge in [-0.2, -0.15) is 0 Å². The van der Waals surface area contributed by atoms with Crippen LogP contribution in [0.15, 0.2) is 24.3 Å². The summed E-state index contributed by atoms with van der Waals surface area (Å²) in [4.78, 5) is 2.54. The third-order valence-corrected chi connectivity index (χ3v) is 4.43. The Morgan fingerprint density at radius 3 is 2.45 bits per heavy atom. The summed E-state index contributed by atoms with van der Waals surface area (Å²) in [6.45, 7) is 10.4. The number of hydrogen-bond acceptors (Lipinski definition) is 3. The molecule has 0 aromatic heterocycles. The van der Waals surface area contributed by atoms with Crippen molar-refractivity contribution in [3.05, 3.63) is 24.3 Å². The van der Waals surface area contributed by atoms with Crippen molar-refractivity contribution in [1.82, 2.24) is 4.90 Å². The molecule has 1 atom stereocenters. The van der Waals surface area contributed by atoms with Crippen molar-refractivity contribution in [2.75, 3.05) is 26.2 Å². The highest BCUT2D eigenvalue weighted by Crippen LogP contribution is 2.31. The monoisotopic (exact) mass is 305 g/mol. The first kappa shape index (κ1) is 17.1. The maximum Gasteiger partial charge on any atom is 0.161 e. The highest BCUT2D eigenvalue weighted by molar-refractivity contribution is 5.40. The van der Waals surface area contributed by atoms with Crippen LogP contribution in [-0.2, 0) is 0 Å². The number of nitrogens with zero attached hydrogens (tertiary/aromatic N) is 1. The van der Waals surface area contributed by atoms with Crippen molar-refractivity contribution < 1.29 is 9.47 Å². The second kappa shape index (κ2) is 9.04. The van der Waals surface area contributed by atoms with E-state index in [2.05, 4.69) is 11.8 Å². The standard InChI is InChI=1S/C17H25NO2.C2H6/c1-2-5-14-8-10-18(11-9-14)12-15-13-19-16-6-3-4-7-17(16)20-15;1-2/h3-4,6-7,14-15H,2,5,8-13H2,1H3;1-2H3. The van der Waals surface area contributed by atoms with Crippen LogP contribution in [0.5, 0.6) is 11.5 Å². The molecule has 2 aliphatic heterocycles. The van der Waals surface area contributed by atoms with Crippen molar-refractivity contribution >= 4 is 0 Å². The summed E-state index contributed by atoms with van der Waals surface area (Å²) in [5, 5.41) is 0. The third kappa shape index (κ3) is 4.64. The molecule has 3 nitrogen and oxygen atoms in total. The van der Waals surface area contributed by atoms with Gasteiger partial charge < -0.3 is 9.47 Å². The molecule has 0 radical (unpaired) electrons. The molecule has 0 amide bonds. The zero-order chi connectivity index (χ0) is 15.8. The molecule has 0 N–H and O–H groups in total. The quantitative estimate of drug-likeness (QED) is 0.824. The van der Waals surface area contributed by atoms with Crippen molar-refractivity contribution in [3.8, 4) is 11.5 Å². The van der Waals surface area contributed by atoms with Gasteiger partial charge in [-0.25, -0.2) is 0 Å². The Hall–Kier alpha value is -1.22. The molecule has 3 heteroatoms. The molecule has 0 spiro atoms. The summed E-state index contributed by atoms with van der Waals surface area (Å²) >= 11 is 0. The molecule has 0 saturated carbocycles. The van der Waals surface area contributed by atoms with Gasteiger partial charge in [0.05, 0.1) is 0 Å². The second-order valence-electron chi connectivity index (χ2n) is 6.03. The summed E-state index contributed by atoms with van der Waals surface area (Å²) < 4.78 is 11.8. The van der Waals surface area contributed by atoms with Crippen LogP contribution < -0.4 is 9.47 Å². The minimum atomic E-state index is 0.174. The molecule has 1 aromatic rings. The topological polar surface area (TPSA) is 21.7 Å². The molecule has 0 bridgehead atoms. The zero-order valence-electron chi connectivity index (χ0n) is 14.4. The number of ether oxygens (including phenoxy) is 2. The highest BCUT2D eigenvalue weighted by Gasteiger charge is 2.25. The van der Waals surface area contributed by atoms with E-state index in [1.807, 2.05) is 38.1 Å². The van der Waals surface area contributed by atoms with E-state index in [1.54, 1.807) is 0 Å². The van der Waals surface area contributed by atoms with E-state index in [-0.39, 0.29) is 6.10 Å². The lowest BCUT2D eigenvalue weighted by atomic mass is 9.92. The van der Waals surface area contributed by atoms with Gasteiger partial charge in [-0.15, -0.1) is 0 Å². The van der Waals surface area contributed by atoms with Gasteiger partial charge in [0.1, 0.15) is 12.7 Å². The first-order valence-corrected chi connectivity index (χ1v) is 8.96. The van der Waals surface area contributed by atoms with Crippen LogP contribution >= 0.6 is 0 Å². The molecule has 22 heavy (non-hydrogen) atoms.